The molecule has 1 aromatic rings. The molecule has 23 heavy (non-hydrogen) atoms. The standard InChI is InChI=1S/C16H21BrFN3O2/c1-2-4-14(22)20-11-5-3-6-21(9-11)13-8-10(17)7-12(18)15(13)16(19)23/h7-8,11H,2-6,9H2,1H3,(H2,19,23)(H,20,22). The van der Waals surface area contributed by atoms with Crippen molar-refractivity contribution in [3.63, 3.8) is 0 Å². The lowest BCUT2D eigenvalue weighted by Gasteiger charge is -2.35. The smallest absolute Gasteiger partial charge is 0.253 e. The number of halogens is 2. The minimum Gasteiger partial charge on any atom is -0.369 e. The number of nitrogens with zero attached hydrogens (tertiary/aromatic N) is 1. The minimum absolute atomic E-state index is 0.00873. The lowest BCUT2D eigenvalue weighted by atomic mass is 10.0. The molecule has 0 aliphatic carbocycles. The van der Waals surface area contributed by atoms with Crippen LogP contribution < -0.4 is 16.0 Å². The van der Waals surface area contributed by atoms with Gasteiger partial charge in [0.25, 0.3) is 5.91 Å². The van der Waals surface area contributed by atoms with Gasteiger partial charge in [-0.2, -0.15) is 0 Å². The summed E-state index contributed by atoms with van der Waals surface area (Å²) in [6.07, 6.45) is 3.01. The Morgan fingerprint density at radius 3 is 2.87 bits per heavy atom. The molecule has 1 aromatic carbocycles. The molecule has 3 N–H and O–H groups in total. The fraction of sp³-hybridized carbons (Fsp3) is 0.500. The van der Waals surface area contributed by atoms with Crippen molar-refractivity contribution in [3.8, 4) is 0 Å². The van der Waals surface area contributed by atoms with E-state index in [1.54, 1.807) is 6.07 Å². The number of primary amides is 1. The molecule has 1 aliphatic rings. The minimum atomic E-state index is -0.790. The number of anilines is 1. The zero-order valence-corrected chi connectivity index (χ0v) is 14.7. The van der Waals surface area contributed by atoms with Crippen LogP contribution in [0.4, 0.5) is 10.1 Å². The molecule has 0 spiro atoms. The second-order valence-corrected chi connectivity index (χ2v) is 6.66. The maximum atomic E-state index is 14.1. The van der Waals surface area contributed by atoms with E-state index < -0.39 is 11.7 Å². The summed E-state index contributed by atoms with van der Waals surface area (Å²) >= 11 is 3.25. The third-order valence-electron chi connectivity index (χ3n) is 3.88. The Kier molecular flexibility index (Phi) is 5.98. The second kappa shape index (κ2) is 7.77. The summed E-state index contributed by atoms with van der Waals surface area (Å²) in [5.41, 5.74) is 5.70. The van der Waals surface area contributed by atoms with Crippen LogP contribution in [0, 0.1) is 5.82 Å². The third kappa shape index (κ3) is 4.43. The van der Waals surface area contributed by atoms with Crippen molar-refractivity contribution in [1.82, 2.24) is 5.32 Å². The number of nitrogens with one attached hydrogen (secondary N) is 1. The normalized spacial score (nSPS) is 17.9. The average molecular weight is 386 g/mol. The molecule has 7 heteroatoms. The molecule has 5 nitrogen and oxygen atoms in total. The van der Waals surface area contributed by atoms with Crippen molar-refractivity contribution in [2.75, 3.05) is 18.0 Å². The molecule has 0 saturated carbocycles. The maximum absolute atomic E-state index is 14.1. The van der Waals surface area contributed by atoms with Crippen LogP contribution in [0.3, 0.4) is 0 Å². The number of rotatable bonds is 5. The number of carbonyl (C=O) groups is 2. The molecule has 0 aromatic heterocycles. The highest BCUT2D eigenvalue weighted by Crippen LogP contribution is 2.30. The number of piperidine rings is 1. The maximum Gasteiger partial charge on any atom is 0.253 e. The zero-order valence-electron chi connectivity index (χ0n) is 13.1. The van der Waals surface area contributed by atoms with Crippen LogP contribution >= 0.6 is 15.9 Å². The molecular weight excluding hydrogens is 365 g/mol. The Labute approximate surface area is 143 Å². The molecule has 2 amide bonds. The lowest BCUT2D eigenvalue weighted by Crippen LogP contribution is -2.48. The van der Waals surface area contributed by atoms with E-state index in [1.165, 1.54) is 6.07 Å². The monoisotopic (exact) mass is 385 g/mol. The van der Waals surface area contributed by atoms with Crippen LogP contribution in [0.5, 0.6) is 0 Å². The van der Waals surface area contributed by atoms with Crippen LogP contribution in [0.25, 0.3) is 0 Å². The first-order valence-corrected chi connectivity index (χ1v) is 8.54. The molecule has 1 atom stereocenters. The summed E-state index contributed by atoms with van der Waals surface area (Å²) in [6.45, 7) is 3.18. The molecule has 1 aliphatic heterocycles. The van der Waals surface area contributed by atoms with Crippen LogP contribution in [-0.2, 0) is 4.79 Å². The van der Waals surface area contributed by atoms with Gasteiger partial charge in [-0.25, -0.2) is 4.39 Å². The number of nitrogens with two attached hydrogens (primary N) is 1. The number of amides is 2. The summed E-state index contributed by atoms with van der Waals surface area (Å²) in [5.74, 6) is -1.41. The Hall–Kier alpha value is -1.63. The number of hydrogen-bond acceptors (Lipinski definition) is 3. The van der Waals surface area contributed by atoms with Gasteiger partial charge in [-0.3, -0.25) is 9.59 Å². The zero-order chi connectivity index (χ0) is 17.0. The van der Waals surface area contributed by atoms with Gasteiger partial charge in [-0.15, -0.1) is 0 Å². The van der Waals surface area contributed by atoms with Gasteiger partial charge in [0.15, 0.2) is 0 Å². The molecular formula is C16H21BrFN3O2. The highest BCUT2D eigenvalue weighted by molar-refractivity contribution is 9.10. The topological polar surface area (TPSA) is 75.4 Å². The fourth-order valence-corrected chi connectivity index (χ4v) is 3.31. The molecule has 1 saturated heterocycles. The van der Waals surface area contributed by atoms with E-state index >= 15 is 0 Å². The van der Waals surface area contributed by atoms with Gasteiger partial charge in [0, 0.05) is 30.0 Å². The number of carbonyl (C=O) groups excluding carboxylic acids is 2. The summed E-state index contributed by atoms with van der Waals surface area (Å²) in [5, 5.41) is 3.00. The summed E-state index contributed by atoms with van der Waals surface area (Å²) in [7, 11) is 0. The molecule has 1 unspecified atom stereocenters. The Bertz CT molecular complexity index is 609. The quantitative estimate of drug-likeness (QED) is 0.817. The van der Waals surface area contributed by atoms with Crippen LogP contribution in [-0.4, -0.2) is 30.9 Å². The molecule has 1 fully saturated rings. The van der Waals surface area contributed by atoms with Gasteiger partial charge in [-0.1, -0.05) is 22.9 Å². The van der Waals surface area contributed by atoms with Gasteiger partial charge in [-0.05, 0) is 31.4 Å². The van der Waals surface area contributed by atoms with E-state index in [0.29, 0.717) is 29.7 Å². The van der Waals surface area contributed by atoms with E-state index in [4.69, 9.17) is 5.73 Å². The summed E-state index contributed by atoms with van der Waals surface area (Å²) in [6, 6.07) is 2.92. The van der Waals surface area contributed by atoms with Gasteiger partial charge >= 0.3 is 0 Å². The van der Waals surface area contributed by atoms with Crippen molar-refractivity contribution in [2.45, 2.75) is 38.6 Å². The number of benzene rings is 1. The number of hydrogen-bond donors (Lipinski definition) is 2. The Morgan fingerprint density at radius 2 is 2.22 bits per heavy atom. The van der Waals surface area contributed by atoms with Crippen molar-refractivity contribution < 1.29 is 14.0 Å². The third-order valence-corrected chi connectivity index (χ3v) is 4.34. The predicted octanol–water partition coefficient (Wildman–Crippen LogP) is 2.57. The first kappa shape index (κ1) is 17.7. The van der Waals surface area contributed by atoms with Crippen LogP contribution in [0.15, 0.2) is 16.6 Å². The molecule has 2 rings (SSSR count). The lowest BCUT2D eigenvalue weighted by molar-refractivity contribution is -0.121. The van der Waals surface area contributed by atoms with Gasteiger partial charge in [0.2, 0.25) is 5.91 Å². The van der Waals surface area contributed by atoms with Crippen molar-refractivity contribution in [1.29, 1.82) is 0 Å². The molecule has 1 heterocycles. The van der Waals surface area contributed by atoms with Crippen LogP contribution in [0.1, 0.15) is 43.0 Å². The van der Waals surface area contributed by atoms with Crippen molar-refractivity contribution in [2.24, 2.45) is 5.73 Å². The Balaban J connectivity index is 2.21. The van der Waals surface area contributed by atoms with E-state index in [9.17, 15) is 14.0 Å². The highest BCUT2D eigenvalue weighted by atomic mass is 79.9. The van der Waals surface area contributed by atoms with E-state index in [1.807, 2.05) is 11.8 Å². The average Bonchev–Trinajstić information content (AvgIpc) is 2.46. The Morgan fingerprint density at radius 1 is 1.48 bits per heavy atom. The SMILES string of the molecule is CCCC(=O)NC1CCCN(c2cc(Br)cc(F)c2C(N)=O)C1. The molecule has 126 valence electrons. The predicted molar refractivity (Wildman–Crippen MR) is 90.9 cm³/mol. The summed E-state index contributed by atoms with van der Waals surface area (Å²) < 4.78 is 14.6. The molecule has 0 bridgehead atoms. The van der Waals surface area contributed by atoms with E-state index in [0.717, 1.165) is 19.3 Å². The first-order chi connectivity index (χ1) is 10.9. The van der Waals surface area contributed by atoms with Crippen molar-refractivity contribution in [3.05, 3.63) is 28.0 Å². The first-order valence-electron chi connectivity index (χ1n) is 7.75. The van der Waals surface area contributed by atoms with Gasteiger partial charge < -0.3 is 16.0 Å². The van der Waals surface area contributed by atoms with Crippen LogP contribution in [0.2, 0.25) is 0 Å². The summed E-state index contributed by atoms with van der Waals surface area (Å²) in [4.78, 5) is 25.3. The highest BCUT2D eigenvalue weighted by Gasteiger charge is 2.26. The van der Waals surface area contributed by atoms with E-state index in [2.05, 4.69) is 21.2 Å². The second-order valence-electron chi connectivity index (χ2n) is 5.75. The van der Waals surface area contributed by atoms with Gasteiger partial charge in [0.1, 0.15) is 5.82 Å². The van der Waals surface area contributed by atoms with Crippen molar-refractivity contribution >= 4 is 33.4 Å². The fourth-order valence-electron chi connectivity index (χ4n) is 2.89. The van der Waals surface area contributed by atoms with E-state index in [-0.39, 0.29) is 17.5 Å². The molecule has 0 radical (unpaired) electrons. The largest absolute Gasteiger partial charge is 0.369 e. The van der Waals surface area contributed by atoms with Gasteiger partial charge in [0.05, 0.1) is 11.3 Å².